The number of rotatable bonds is 6. The van der Waals surface area contributed by atoms with E-state index < -0.39 is 34.1 Å². The molecular formula is C22H15B6FN6O. The van der Waals surface area contributed by atoms with Crippen molar-refractivity contribution in [2.24, 2.45) is 5.92 Å². The quantitative estimate of drug-likeness (QED) is 0.435. The monoisotopic (exact) mass is 464 g/mol. The van der Waals surface area contributed by atoms with E-state index in [1.807, 2.05) is 13.0 Å². The third-order valence-electron chi connectivity index (χ3n) is 6.53. The second kappa shape index (κ2) is 8.53. The minimum Gasteiger partial charge on any atom is -0.310 e. The van der Waals surface area contributed by atoms with Gasteiger partial charge in [-0.25, -0.2) is 18.9 Å². The van der Waals surface area contributed by atoms with Gasteiger partial charge in [0.15, 0.2) is 5.65 Å². The first-order valence-electron chi connectivity index (χ1n) is 11.1. The molecule has 14 heteroatoms. The highest BCUT2D eigenvalue weighted by Crippen LogP contribution is 2.48. The van der Waals surface area contributed by atoms with Crippen LogP contribution in [-0.2, 0) is 4.79 Å². The van der Waals surface area contributed by atoms with Gasteiger partial charge in [0.05, 0.1) is 35.0 Å². The first-order valence-corrected chi connectivity index (χ1v) is 11.1. The van der Waals surface area contributed by atoms with Gasteiger partial charge in [0.25, 0.3) is 0 Å². The summed E-state index contributed by atoms with van der Waals surface area (Å²) in [5, 5.41) is 3.96. The smallest absolute Gasteiger partial charge is 0.231 e. The molecule has 0 aromatic carbocycles. The van der Waals surface area contributed by atoms with E-state index >= 15 is 0 Å². The third-order valence-corrected chi connectivity index (χ3v) is 6.53. The fraction of sp³-hybridized carbons (Fsp3) is 0.318. The highest BCUT2D eigenvalue weighted by Gasteiger charge is 2.43. The Morgan fingerprint density at radius 3 is 2.47 bits per heavy atom. The number of aromatic nitrogens is 5. The van der Waals surface area contributed by atoms with Gasteiger partial charge < -0.3 is 5.32 Å². The summed E-state index contributed by atoms with van der Waals surface area (Å²) in [6.45, 7) is 1.87. The summed E-state index contributed by atoms with van der Waals surface area (Å²) in [5.41, 5.74) is 3.86. The van der Waals surface area contributed by atoms with Crippen LogP contribution in [0.1, 0.15) is 23.5 Å². The molecule has 1 aliphatic rings. The summed E-state index contributed by atoms with van der Waals surface area (Å²) in [6.07, 6.45) is 3.77. The molecule has 3 unspecified atom stereocenters. The Bertz CT molecular complexity index is 1510. The molecule has 4 aromatic rings. The number of alkyl halides is 1. The Kier molecular flexibility index (Phi) is 5.84. The van der Waals surface area contributed by atoms with Crippen LogP contribution in [0.25, 0.3) is 27.7 Å². The molecule has 1 amide bonds. The molecule has 36 heavy (non-hydrogen) atoms. The van der Waals surface area contributed by atoms with Crippen LogP contribution < -0.4 is 5.32 Å². The van der Waals surface area contributed by atoms with Gasteiger partial charge in [0, 0.05) is 64.2 Å². The molecule has 0 spiro atoms. The molecule has 1 N–H and O–H groups in total. The summed E-state index contributed by atoms with van der Waals surface area (Å²) >= 11 is 0. The SMILES string of the molecule is [B]C(c1cc(C)c(-c2cc3cnc(NC(=O)C4CC4F)cc3n3ncnc23)cn1)C([B])([B])C([B])([B])[B]. The standard InChI is InChI=1S/C22H15B6FN6O/c1-9-2-15(18(23)21(24,25)22(26,27)28)30-7-13(9)11-3-10-6-31-17(34-20(36)12-4-14(12)29)5-16(10)35-19(11)32-8-33-35/h2-3,5-8,12,14,18H,4H2,1H3,(H,31,34,36). The van der Waals surface area contributed by atoms with Crippen LogP contribution in [0, 0.1) is 12.8 Å². The van der Waals surface area contributed by atoms with Crippen LogP contribution in [0.15, 0.2) is 36.9 Å². The lowest BCUT2D eigenvalue weighted by Crippen LogP contribution is -2.38. The molecule has 1 saturated carbocycles. The highest BCUT2D eigenvalue weighted by atomic mass is 19.1. The van der Waals surface area contributed by atoms with Crippen LogP contribution in [0.2, 0.25) is 10.3 Å². The number of amides is 1. The lowest BCUT2D eigenvalue weighted by atomic mass is 9.19. The maximum absolute atomic E-state index is 13.2. The molecule has 1 aliphatic carbocycles. The van der Waals surface area contributed by atoms with E-state index in [2.05, 4.69) is 25.4 Å². The summed E-state index contributed by atoms with van der Waals surface area (Å²) < 4.78 is 14.9. The zero-order chi connectivity index (χ0) is 26.0. The molecule has 0 bridgehead atoms. The van der Waals surface area contributed by atoms with Gasteiger partial charge in [-0.2, -0.15) is 5.10 Å². The lowest BCUT2D eigenvalue weighted by Gasteiger charge is -2.47. The number of carbonyl (C=O) groups is 1. The third kappa shape index (κ3) is 4.14. The van der Waals surface area contributed by atoms with Crippen LogP contribution >= 0.6 is 0 Å². The molecule has 0 aliphatic heterocycles. The van der Waals surface area contributed by atoms with Crippen molar-refractivity contribution in [1.82, 2.24) is 24.6 Å². The second-order valence-electron chi connectivity index (χ2n) is 9.30. The molecule has 12 radical (unpaired) electrons. The number of anilines is 1. The summed E-state index contributed by atoms with van der Waals surface area (Å²) in [5.74, 6) is -1.76. The zero-order valence-electron chi connectivity index (χ0n) is 19.4. The van der Waals surface area contributed by atoms with E-state index in [9.17, 15) is 9.18 Å². The summed E-state index contributed by atoms with van der Waals surface area (Å²) in [4.78, 5) is 25.3. The van der Waals surface area contributed by atoms with Crippen LogP contribution in [0.3, 0.4) is 0 Å². The van der Waals surface area contributed by atoms with Gasteiger partial charge in [-0.1, -0.05) is 0 Å². The number of halogens is 1. The fourth-order valence-corrected chi connectivity index (χ4v) is 4.04. The largest absolute Gasteiger partial charge is 0.310 e. The van der Waals surface area contributed by atoms with Gasteiger partial charge in [0.1, 0.15) is 18.3 Å². The van der Waals surface area contributed by atoms with E-state index in [4.69, 9.17) is 47.1 Å². The molecular weight excluding hydrogens is 448 g/mol. The van der Waals surface area contributed by atoms with E-state index in [0.717, 1.165) is 22.1 Å². The first-order chi connectivity index (χ1) is 16.9. The number of aryl methyl sites for hydroxylation is 1. The van der Waals surface area contributed by atoms with E-state index in [1.165, 1.54) is 6.33 Å². The minimum atomic E-state index is -1.94. The topological polar surface area (TPSA) is 85.1 Å². The van der Waals surface area contributed by atoms with Crippen molar-refractivity contribution >= 4 is 75.4 Å². The van der Waals surface area contributed by atoms with Crippen molar-refractivity contribution in [3.8, 4) is 11.1 Å². The van der Waals surface area contributed by atoms with E-state index in [-0.39, 0.29) is 6.42 Å². The molecule has 1 fully saturated rings. The van der Waals surface area contributed by atoms with Gasteiger partial charge in [-0.3, -0.25) is 9.78 Å². The normalized spacial score (nSPS) is 18.8. The maximum Gasteiger partial charge on any atom is 0.231 e. The minimum absolute atomic E-state index is 0.232. The number of hydrogen-bond acceptors (Lipinski definition) is 5. The molecule has 7 nitrogen and oxygen atoms in total. The lowest BCUT2D eigenvalue weighted by molar-refractivity contribution is -0.117. The van der Waals surface area contributed by atoms with E-state index in [1.54, 1.807) is 29.0 Å². The van der Waals surface area contributed by atoms with Crippen molar-refractivity contribution in [2.45, 2.75) is 35.7 Å². The van der Waals surface area contributed by atoms with Crippen LogP contribution in [-0.4, -0.2) is 83.7 Å². The van der Waals surface area contributed by atoms with Crippen LogP contribution in [0.5, 0.6) is 0 Å². The van der Waals surface area contributed by atoms with E-state index in [0.29, 0.717) is 22.7 Å². The Morgan fingerprint density at radius 2 is 1.83 bits per heavy atom. The Morgan fingerprint density at radius 1 is 1.11 bits per heavy atom. The molecule has 164 valence electrons. The van der Waals surface area contributed by atoms with Crippen molar-refractivity contribution in [1.29, 1.82) is 0 Å². The fourth-order valence-electron chi connectivity index (χ4n) is 4.04. The van der Waals surface area contributed by atoms with Crippen molar-refractivity contribution in [2.75, 3.05) is 5.32 Å². The van der Waals surface area contributed by atoms with Gasteiger partial charge >= 0.3 is 0 Å². The molecule has 5 rings (SSSR count). The van der Waals surface area contributed by atoms with Gasteiger partial charge in [-0.15, -0.1) is 10.3 Å². The van der Waals surface area contributed by atoms with Crippen molar-refractivity contribution in [3.05, 3.63) is 48.2 Å². The molecule has 3 atom stereocenters. The first kappa shape index (κ1) is 24.7. The molecule has 4 aromatic heterocycles. The number of pyridine rings is 3. The zero-order valence-corrected chi connectivity index (χ0v) is 19.4. The predicted molar refractivity (Wildman–Crippen MR) is 141 cm³/mol. The summed E-state index contributed by atoms with van der Waals surface area (Å²) in [6, 6.07) is 5.29. The molecule has 0 saturated heterocycles. The van der Waals surface area contributed by atoms with Crippen molar-refractivity contribution < 1.29 is 9.18 Å². The second-order valence-corrected chi connectivity index (χ2v) is 9.30. The summed E-state index contributed by atoms with van der Waals surface area (Å²) in [7, 11) is 35.4. The Labute approximate surface area is 215 Å². The van der Waals surface area contributed by atoms with Gasteiger partial charge in [0.2, 0.25) is 5.91 Å². The number of hydrogen-bond donors (Lipinski definition) is 1. The van der Waals surface area contributed by atoms with Crippen LogP contribution in [0.4, 0.5) is 10.2 Å². The number of nitrogens with one attached hydrogen (secondary N) is 1. The average Bonchev–Trinajstić information content (AvgIpc) is 3.34. The maximum atomic E-state index is 13.2. The van der Waals surface area contributed by atoms with Gasteiger partial charge in [-0.05, 0) is 36.9 Å². The van der Waals surface area contributed by atoms with Crippen molar-refractivity contribution in [3.63, 3.8) is 0 Å². The molecule has 4 heterocycles. The highest BCUT2D eigenvalue weighted by molar-refractivity contribution is 6.68. The number of fused-ring (bicyclic) bond motifs is 3. The predicted octanol–water partition coefficient (Wildman–Crippen LogP) is 1.19. The number of nitrogens with zero attached hydrogens (tertiary/aromatic N) is 5. The average molecular weight is 463 g/mol. The Hall–Kier alpha value is -3.03. The number of carbonyl (C=O) groups excluding carboxylic acids is 1. The Balaban J connectivity index is 1.53.